The van der Waals surface area contributed by atoms with Crippen LogP contribution in [0.1, 0.15) is 32.6 Å². The number of nitrogens with zero attached hydrogens (tertiary/aromatic N) is 1. The van der Waals surface area contributed by atoms with Crippen molar-refractivity contribution >= 4 is 0 Å². The molecule has 2 rings (SSSR count). The standard InChI is InChI=1S/C10H19N/c1-8-4-3-5-11(2)10-7-9(10)6-8/h8-10H,3-7H2,1-2H3. The topological polar surface area (TPSA) is 3.24 Å². The van der Waals surface area contributed by atoms with Crippen molar-refractivity contribution in [2.24, 2.45) is 11.8 Å². The van der Waals surface area contributed by atoms with E-state index in [1.807, 2.05) is 0 Å². The van der Waals surface area contributed by atoms with Crippen LogP contribution < -0.4 is 0 Å². The Bertz CT molecular complexity index is 144. The van der Waals surface area contributed by atoms with Gasteiger partial charge in [-0.1, -0.05) is 6.92 Å². The van der Waals surface area contributed by atoms with Crippen LogP contribution in [-0.2, 0) is 0 Å². The van der Waals surface area contributed by atoms with E-state index in [0.717, 1.165) is 17.9 Å². The molecule has 3 atom stereocenters. The molecule has 0 N–H and O–H groups in total. The van der Waals surface area contributed by atoms with Crippen LogP contribution in [0.25, 0.3) is 0 Å². The molecule has 11 heavy (non-hydrogen) atoms. The Hall–Kier alpha value is -0.0400. The monoisotopic (exact) mass is 153 g/mol. The van der Waals surface area contributed by atoms with Crippen LogP contribution in [0.3, 0.4) is 0 Å². The van der Waals surface area contributed by atoms with Crippen molar-refractivity contribution < 1.29 is 0 Å². The molecule has 1 heterocycles. The van der Waals surface area contributed by atoms with E-state index >= 15 is 0 Å². The lowest BCUT2D eigenvalue weighted by atomic mass is 9.97. The molecule has 0 bridgehead atoms. The lowest BCUT2D eigenvalue weighted by Crippen LogP contribution is -2.26. The molecular formula is C10H19N. The molecule has 2 aliphatic rings. The van der Waals surface area contributed by atoms with Crippen LogP contribution in [0.15, 0.2) is 0 Å². The minimum atomic E-state index is 0.970. The average Bonchev–Trinajstić information content (AvgIpc) is 2.64. The van der Waals surface area contributed by atoms with Crippen molar-refractivity contribution in [2.45, 2.75) is 38.6 Å². The van der Waals surface area contributed by atoms with Gasteiger partial charge in [-0.3, -0.25) is 0 Å². The van der Waals surface area contributed by atoms with E-state index in [1.165, 1.54) is 32.2 Å². The van der Waals surface area contributed by atoms with Crippen LogP contribution in [0.5, 0.6) is 0 Å². The van der Waals surface area contributed by atoms with E-state index in [2.05, 4.69) is 18.9 Å². The fourth-order valence-corrected chi connectivity index (χ4v) is 2.51. The van der Waals surface area contributed by atoms with Gasteiger partial charge in [0.15, 0.2) is 0 Å². The Morgan fingerprint density at radius 3 is 2.91 bits per heavy atom. The maximum absolute atomic E-state index is 2.57. The van der Waals surface area contributed by atoms with E-state index in [1.54, 1.807) is 0 Å². The summed E-state index contributed by atoms with van der Waals surface area (Å²) in [6.07, 6.45) is 5.85. The third-order valence-corrected chi connectivity index (χ3v) is 3.36. The highest BCUT2D eigenvalue weighted by atomic mass is 15.2. The van der Waals surface area contributed by atoms with Gasteiger partial charge in [-0.25, -0.2) is 0 Å². The summed E-state index contributed by atoms with van der Waals surface area (Å²) in [5, 5.41) is 0. The fourth-order valence-electron chi connectivity index (χ4n) is 2.51. The first-order valence-corrected chi connectivity index (χ1v) is 4.97. The smallest absolute Gasteiger partial charge is 0.0124 e. The Morgan fingerprint density at radius 1 is 1.27 bits per heavy atom. The molecule has 64 valence electrons. The maximum atomic E-state index is 2.57. The average molecular weight is 153 g/mol. The van der Waals surface area contributed by atoms with E-state index in [0.29, 0.717) is 0 Å². The zero-order chi connectivity index (χ0) is 7.84. The van der Waals surface area contributed by atoms with Crippen LogP contribution in [0.2, 0.25) is 0 Å². The number of hydrogen-bond acceptors (Lipinski definition) is 1. The third-order valence-electron chi connectivity index (χ3n) is 3.36. The van der Waals surface area contributed by atoms with Gasteiger partial charge in [0.05, 0.1) is 0 Å². The summed E-state index contributed by atoms with van der Waals surface area (Å²) in [6.45, 7) is 3.76. The quantitative estimate of drug-likeness (QED) is 0.515. The second kappa shape index (κ2) is 2.78. The highest BCUT2D eigenvalue weighted by Crippen LogP contribution is 2.42. The minimum Gasteiger partial charge on any atom is -0.303 e. The molecule has 1 saturated heterocycles. The molecule has 1 nitrogen and oxygen atoms in total. The van der Waals surface area contributed by atoms with Crippen molar-refractivity contribution in [3.63, 3.8) is 0 Å². The van der Waals surface area contributed by atoms with E-state index in [4.69, 9.17) is 0 Å². The lowest BCUT2D eigenvalue weighted by Gasteiger charge is -2.22. The zero-order valence-corrected chi connectivity index (χ0v) is 7.71. The Morgan fingerprint density at radius 2 is 2.09 bits per heavy atom. The molecule has 2 fully saturated rings. The normalized spacial score (nSPS) is 45.8. The Kier molecular flexibility index (Phi) is 1.92. The highest BCUT2D eigenvalue weighted by Gasteiger charge is 2.41. The highest BCUT2D eigenvalue weighted by molar-refractivity contribution is 4.95. The number of rotatable bonds is 0. The molecule has 1 aliphatic carbocycles. The van der Waals surface area contributed by atoms with Gasteiger partial charge in [0.25, 0.3) is 0 Å². The van der Waals surface area contributed by atoms with Crippen LogP contribution in [-0.4, -0.2) is 24.5 Å². The summed E-state index contributed by atoms with van der Waals surface area (Å²) in [5.74, 6) is 2.06. The van der Waals surface area contributed by atoms with Crippen molar-refractivity contribution in [1.82, 2.24) is 4.90 Å². The first kappa shape index (κ1) is 7.60. The molecule has 3 unspecified atom stereocenters. The first-order valence-electron chi connectivity index (χ1n) is 4.97. The molecule has 0 radical (unpaired) electrons. The van der Waals surface area contributed by atoms with Crippen molar-refractivity contribution in [2.75, 3.05) is 13.6 Å². The molecule has 0 aromatic rings. The molecule has 0 spiro atoms. The summed E-state index contributed by atoms with van der Waals surface area (Å²) in [7, 11) is 2.29. The van der Waals surface area contributed by atoms with E-state index in [-0.39, 0.29) is 0 Å². The third kappa shape index (κ3) is 1.58. The zero-order valence-electron chi connectivity index (χ0n) is 7.71. The van der Waals surface area contributed by atoms with Gasteiger partial charge < -0.3 is 4.90 Å². The summed E-state index contributed by atoms with van der Waals surface area (Å²) in [6, 6.07) is 0.970. The summed E-state index contributed by atoms with van der Waals surface area (Å²) < 4.78 is 0. The lowest BCUT2D eigenvalue weighted by molar-refractivity contribution is 0.259. The predicted octanol–water partition coefficient (Wildman–Crippen LogP) is 2.13. The van der Waals surface area contributed by atoms with Crippen LogP contribution >= 0.6 is 0 Å². The fraction of sp³-hybridized carbons (Fsp3) is 1.00. The number of fused-ring (bicyclic) bond motifs is 1. The first-order chi connectivity index (χ1) is 5.27. The number of likely N-dealkylation sites (tertiary alicyclic amines) is 1. The van der Waals surface area contributed by atoms with E-state index in [9.17, 15) is 0 Å². The Labute approximate surface area is 69.8 Å². The summed E-state index contributed by atoms with van der Waals surface area (Å²) >= 11 is 0. The van der Waals surface area contributed by atoms with Gasteiger partial charge in [0.2, 0.25) is 0 Å². The molecule has 0 amide bonds. The molecule has 0 aromatic heterocycles. The molecule has 1 saturated carbocycles. The summed E-state index contributed by atoms with van der Waals surface area (Å²) in [5.41, 5.74) is 0. The van der Waals surface area contributed by atoms with Crippen LogP contribution in [0, 0.1) is 11.8 Å². The van der Waals surface area contributed by atoms with Crippen molar-refractivity contribution in [3.8, 4) is 0 Å². The van der Waals surface area contributed by atoms with Gasteiger partial charge in [-0.05, 0) is 51.1 Å². The number of hydrogen-bond donors (Lipinski definition) is 0. The van der Waals surface area contributed by atoms with Crippen molar-refractivity contribution in [1.29, 1.82) is 0 Å². The van der Waals surface area contributed by atoms with Crippen molar-refractivity contribution in [3.05, 3.63) is 0 Å². The largest absolute Gasteiger partial charge is 0.303 e. The summed E-state index contributed by atoms with van der Waals surface area (Å²) in [4.78, 5) is 2.57. The minimum absolute atomic E-state index is 0.970. The molecule has 1 aliphatic heterocycles. The Balaban J connectivity index is 1.91. The maximum Gasteiger partial charge on any atom is 0.0124 e. The van der Waals surface area contributed by atoms with Gasteiger partial charge in [-0.15, -0.1) is 0 Å². The second-order valence-corrected chi connectivity index (χ2v) is 4.53. The SMILES string of the molecule is CC1CCCN(C)C2CC2C1. The molecular weight excluding hydrogens is 134 g/mol. The second-order valence-electron chi connectivity index (χ2n) is 4.53. The van der Waals surface area contributed by atoms with E-state index < -0.39 is 0 Å². The van der Waals surface area contributed by atoms with Gasteiger partial charge in [-0.2, -0.15) is 0 Å². The molecule has 0 aromatic carbocycles. The van der Waals surface area contributed by atoms with Gasteiger partial charge in [0, 0.05) is 6.04 Å². The predicted molar refractivity (Wildman–Crippen MR) is 47.5 cm³/mol. The van der Waals surface area contributed by atoms with Crippen LogP contribution in [0.4, 0.5) is 0 Å². The van der Waals surface area contributed by atoms with Gasteiger partial charge in [0.1, 0.15) is 0 Å². The molecule has 1 heteroatoms. The van der Waals surface area contributed by atoms with Gasteiger partial charge >= 0.3 is 0 Å².